The van der Waals surface area contributed by atoms with Crippen molar-refractivity contribution in [2.75, 3.05) is 6.61 Å². The molecule has 18 heavy (non-hydrogen) atoms. The second-order valence-corrected chi connectivity index (χ2v) is 4.17. The van der Waals surface area contributed by atoms with E-state index in [0.717, 1.165) is 0 Å². The maximum absolute atomic E-state index is 10.8. The van der Waals surface area contributed by atoms with Crippen LogP contribution in [0.25, 0.3) is 0 Å². The maximum Gasteiger partial charge on any atom is 0.364 e. The molecule has 0 amide bonds. The average molecular weight is 268 g/mol. The maximum atomic E-state index is 10.8. The molecule has 1 aliphatic rings. The summed E-state index contributed by atoms with van der Waals surface area (Å²) in [6, 6.07) is 0. The first-order valence-corrected chi connectivity index (χ1v) is 5.19. The van der Waals surface area contributed by atoms with Crippen molar-refractivity contribution in [1.82, 2.24) is 0 Å². The monoisotopic (exact) mass is 268 g/mol. The van der Waals surface area contributed by atoms with Gasteiger partial charge in [0.25, 0.3) is 5.79 Å². The summed E-state index contributed by atoms with van der Waals surface area (Å²) in [5, 5.41) is 64.6. The predicted octanol–water partition coefficient (Wildman–Crippen LogP) is -4.02. The minimum atomic E-state index is -2.78. The van der Waals surface area contributed by atoms with E-state index in [4.69, 9.17) is 10.2 Å². The number of carboxylic acid groups (broad SMARTS) is 1. The molecule has 1 heterocycles. The van der Waals surface area contributed by atoms with Crippen LogP contribution in [0.1, 0.15) is 6.42 Å². The molecule has 0 aromatic heterocycles. The first-order valence-electron chi connectivity index (χ1n) is 5.19. The van der Waals surface area contributed by atoms with Gasteiger partial charge in [-0.15, -0.1) is 0 Å². The molecule has 0 unspecified atom stereocenters. The molecule has 106 valence electrons. The van der Waals surface area contributed by atoms with E-state index in [1.54, 1.807) is 0 Å². The highest BCUT2D eigenvalue weighted by atomic mass is 16.7. The third kappa shape index (κ3) is 2.78. The van der Waals surface area contributed by atoms with Crippen molar-refractivity contribution in [2.24, 2.45) is 0 Å². The van der Waals surface area contributed by atoms with Gasteiger partial charge in [-0.3, -0.25) is 0 Å². The number of carboxylic acids is 1. The number of aliphatic hydroxyl groups is 6. The van der Waals surface area contributed by atoms with Crippen LogP contribution in [0.15, 0.2) is 0 Å². The highest BCUT2D eigenvalue weighted by Gasteiger charge is 2.53. The van der Waals surface area contributed by atoms with Crippen LogP contribution in [0.5, 0.6) is 0 Å². The summed E-state index contributed by atoms with van der Waals surface area (Å²) in [7, 11) is 0. The highest BCUT2D eigenvalue weighted by molar-refractivity contribution is 5.75. The molecule has 0 bridgehead atoms. The zero-order valence-corrected chi connectivity index (χ0v) is 9.25. The average Bonchev–Trinajstić information content (AvgIpc) is 2.31. The molecule has 1 aliphatic heterocycles. The van der Waals surface area contributed by atoms with Crippen LogP contribution >= 0.6 is 0 Å². The number of hydrogen-bond donors (Lipinski definition) is 7. The van der Waals surface area contributed by atoms with E-state index in [0.29, 0.717) is 0 Å². The first kappa shape index (κ1) is 15.2. The third-order valence-corrected chi connectivity index (χ3v) is 2.80. The van der Waals surface area contributed by atoms with Gasteiger partial charge in [-0.1, -0.05) is 0 Å². The Labute approximate surface area is 101 Å². The third-order valence-electron chi connectivity index (χ3n) is 2.80. The van der Waals surface area contributed by atoms with Gasteiger partial charge in [0.2, 0.25) is 0 Å². The molecule has 0 aromatic rings. The fourth-order valence-electron chi connectivity index (χ4n) is 1.70. The molecule has 0 aliphatic carbocycles. The molecule has 0 radical (unpaired) electrons. The van der Waals surface area contributed by atoms with E-state index < -0.39 is 55.3 Å². The fourth-order valence-corrected chi connectivity index (χ4v) is 1.70. The van der Waals surface area contributed by atoms with Crippen LogP contribution in [-0.4, -0.2) is 84.6 Å². The lowest BCUT2D eigenvalue weighted by Gasteiger charge is -2.42. The molecule has 0 spiro atoms. The zero-order chi connectivity index (χ0) is 14.1. The topological polar surface area (TPSA) is 168 Å². The van der Waals surface area contributed by atoms with Crippen LogP contribution in [0.4, 0.5) is 0 Å². The number of hydrogen-bond acceptors (Lipinski definition) is 8. The van der Waals surface area contributed by atoms with Crippen molar-refractivity contribution in [2.45, 2.75) is 42.7 Å². The minimum Gasteiger partial charge on any atom is -0.477 e. The Balaban J connectivity index is 2.92. The molecular weight excluding hydrogens is 252 g/mol. The molecule has 7 N–H and O–H groups in total. The Hall–Kier alpha value is -0.810. The van der Waals surface area contributed by atoms with E-state index in [1.165, 1.54) is 0 Å². The molecule has 9 nitrogen and oxygen atoms in total. The van der Waals surface area contributed by atoms with Gasteiger partial charge in [-0.05, 0) is 0 Å². The SMILES string of the molecule is O=C(O)[C@]1(O)C[C@H](O)[C@H](O)[C@H]([C@H](O)[C@H](O)CO)O1. The smallest absolute Gasteiger partial charge is 0.364 e. The molecule has 0 saturated carbocycles. The van der Waals surface area contributed by atoms with Crippen molar-refractivity contribution in [3.63, 3.8) is 0 Å². The summed E-state index contributed by atoms with van der Waals surface area (Å²) in [5.41, 5.74) is 0. The normalized spacial score (nSPS) is 40.2. The molecular formula is C9H16O9. The zero-order valence-electron chi connectivity index (χ0n) is 9.25. The predicted molar refractivity (Wildman–Crippen MR) is 53.2 cm³/mol. The number of ether oxygens (including phenoxy) is 1. The van der Waals surface area contributed by atoms with Gasteiger partial charge in [0.1, 0.15) is 24.4 Å². The van der Waals surface area contributed by atoms with Gasteiger partial charge in [0, 0.05) is 6.42 Å². The number of rotatable bonds is 4. The van der Waals surface area contributed by atoms with Gasteiger partial charge < -0.3 is 40.5 Å². The molecule has 6 atom stereocenters. The molecule has 9 heteroatoms. The lowest BCUT2D eigenvalue weighted by Crippen LogP contribution is -2.63. The highest BCUT2D eigenvalue weighted by Crippen LogP contribution is 2.30. The Morgan fingerprint density at radius 1 is 1.39 bits per heavy atom. The van der Waals surface area contributed by atoms with Gasteiger partial charge >= 0.3 is 5.97 Å². The molecule has 1 fully saturated rings. The van der Waals surface area contributed by atoms with Crippen LogP contribution in [0.2, 0.25) is 0 Å². The van der Waals surface area contributed by atoms with Crippen molar-refractivity contribution in [1.29, 1.82) is 0 Å². The lowest BCUT2D eigenvalue weighted by molar-refractivity contribution is -0.312. The molecule has 1 saturated heterocycles. The van der Waals surface area contributed by atoms with Crippen LogP contribution in [-0.2, 0) is 9.53 Å². The Morgan fingerprint density at radius 3 is 2.39 bits per heavy atom. The number of carbonyl (C=O) groups is 1. The van der Waals surface area contributed by atoms with Gasteiger partial charge in [-0.25, -0.2) is 4.79 Å². The Morgan fingerprint density at radius 2 is 1.94 bits per heavy atom. The minimum absolute atomic E-state index is 0.790. The van der Waals surface area contributed by atoms with Crippen molar-refractivity contribution in [3.8, 4) is 0 Å². The number of aliphatic hydroxyl groups excluding tert-OH is 5. The van der Waals surface area contributed by atoms with Gasteiger partial charge in [0.15, 0.2) is 0 Å². The van der Waals surface area contributed by atoms with Crippen LogP contribution in [0.3, 0.4) is 0 Å². The fraction of sp³-hybridized carbons (Fsp3) is 0.889. The van der Waals surface area contributed by atoms with Crippen molar-refractivity contribution < 1.29 is 45.3 Å². The van der Waals surface area contributed by atoms with Crippen LogP contribution in [0, 0.1) is 0 Å². The quantitative estimate of drug-likeness (QED) is 0.268. The Bertz CT molecular complexity index is 308. The van der Waals surface area contributed by atoms with Crippen molar-refractivity contribution in [3.05, 3.63) is 0 Å². The largest absolute Gasteiger partial charge is 0.477 e. The van der Waals surface area contributed by atoms with E-state index >= 15 is 0 Å². The first-order chi connectivity index (χ1) is 8.23. The second kappa shape index (κ2) is 5.45. The van der Waals surface area contributed by atoms with Gasteiger partial charge in [0.05, 0.1) is 12.7 Å². The van der Waals surface area contributed by atoms with Gasteiger partial charge in [-0.2, -0.15) is 0 Å². The second-order valence-electron chi connectivity index (χ2n) is 4.17. The van der Waals surface area contributed by atoms with E-state index in [1.807, 2.05) is 0 Å². The summed E-state index contributed by atoms with van der Waals surface area (Å²) < 4.78 is 4.63. The lowest BCUT2D eigenvalue weighted by atomic mass is 9.91. The van der Waals surface area contributed by atoms with Crippen molar-refractivity contribution >= 4 is 5.97 Å². The molecule has 1 rings (SSSR count). The summed E-state index contributed by atoms with van der Waals surface area (Å²) >= 11 is 0. The van der Waals surface area contributed by atoms with E-state index in [9.17, 15) is 30.3 Å². The Kier molecular flexibility index (Phi) is 4.61. The van der Waals surface area contributed by atoms with E-state index in [-0.39, 0.29) is 0 Å². The molecule has 0 aromatic carbocycles. The van der Waals surface area contributed by atoms with Crippen LogP contribution < -0.4 is 0 Å². The number of aliphatic carboxylic acids is 1. The summed E-state index contributed by atoms with van der Waals surface area (Å²) in [4.78, 5) is 10.8. The summed E-state index contributed by atoms with van der Waals surface area (Å²) in [5.74, 6) is -4.58. The van der Waals surface area contributed by atoms with E-state index in [2.05, 4.69) is 4.74 Å². The summed E-state index contributed by atoms with van der Waals surface area (Å²) in [6.07, 6.45) is -9.50. The standard InChI is InChI=1S/C9H16O9/c10-2-4(12)6(14)7-5(13)3(11)1-9(17,18-7)8(15)16/h3-7,10-14,17H,1-2H2,(H,15,16)/t3-,4+,5-,6+,7+,9-/m0/s1. The summed E-state index contributed by atoms with van der Waals surface area (Å²) in [6.45, 7) is -0.866.